The molecule has 3 aromatic carbocycles. The first-order valence-corrected chi connectivity index (χ1v) is 14.3. The minimum atomic E-state index is -3.97. The molecule has 2 N–H and O–H groups in total. The molecule has 10 nitrogen and oxygen atoms in total. The van der Waals surface area contributed by atoms with Gasteiger partial charge < -0.3 is 9.47 Å². The van der Waals surface area contributed by atoms with Crippen LogP contribution in [0.25, 0.3) is 0 Å². The third kappa shape index (κ3) is 6.88. The monoisotopic (exact) mass is 554 g/mol. The molecular weight excluding hydrogens is 528 g/mol. The quantitative estimate of drug-likeness (QED) is 0.323. The molecule has 0 saturated heterocycles. The maximum Gasteiger partial charge on any atom is 0.241 e. The van der Waals surface area contributed by atoms with Crippen LogP contribution in [0, 0.1) is 22.7 Å². The van der Waals surface area contributed by atoms with Crippen LogP contribution in [-0.2, 0) is 32.9 Å². The first-order valence-electron chi connectivity index (χ1n) is 11.3. The van der Waals surface area contributed by atoms with Crippen molar-refractivity contribution in [2.45, 2.75) is 22.6 Å². The van der Waals surface area contributed by atoms with Gasteiger partial charge in [-0.25, -0.2) is 16.8 Å². The minimum Gasteiger partial charge on any atom is -0.497 e. The molecule has 12 heteroatoms. The number of methoxy groups -OCH3 is 2. The van der Waals surface area contributed by atoms with Gasteiger partial charge in [0.2, 0.25) is 20.0 Å². The zero-order valence-electron chi connectivity index (χ0n) is 20.8. The van der Waals surface area contributed by atoms with Crippen molar-refractivity contribution in [3.05, 3.63) is 82.9 Å². The lowest BCUT2D eigenvalue weighted by Gasteiger charge is -2.16. The molecule has 3 aromatic rings. The second kappa shape index (κ2) is 12.5. The van der Waals surface area contributed by atoms with E-state index in [1.165, 1.54) is 38.5 Å². The number of hydrogen-bond donors (Lipinski definition) is 2. The lowest BCUT2D eigenvalue weighted by atomic mass is 9.95. The number of sulfonamides is 2. The third-order valence-corrected chi connectivity index (χ3v) is 8.68. The molecule has 0 atom stereocenters. The topological polar surface area (TPSA) is 158 Å². The van der Waals surface area contributed by atoms with Gasteiger partial charge in [0.05, 0.1) is 49.2 Å². The van der Waals surface area contributed by atoms with Crippen LogP contribution in [0.4, 0.5) is 0 Å². The Morgan fingerprint density at radius 1 is 0.658 bits per heavy atom. The van der Waals surface area contributed by atoms with Gasteiger partial charge in [-0.2, -0.15) is 20.0 Å². The highest BCUT2D eigenvalue weighted by Crippen LogP contribution is 2.29. The molecule has 0 radical (unpaired) electrons. The summed E-state index contributed by atoms with van der Waals surface area (Å²) in [4.78, 5) is 0.0161. The number of ether oxygens (including phenoxy) is 2. The number of benzene rings is 3. The van der Waals surface area contributed by atoms with Gasteiger partial charge in [-0.1, -0.05) is 24.3 Å². The van der Waals surface area contributed by atoms with Gasteiger partial charge in [0.1, 0.15) is 11.5 Å². The fourth-order valence-corrected chi connectivity index (χ4v) is 6.16. The Morgan fingerprint density at radius 2 is 1.05 bits per heavy atom. The summed E-state index contributed by atoms with van der Waals surface area (Å²) in [5.41, 5.74) is 2.40. The molecule has 3 rings (SSSR count). The van der Waals surface area contributed by atoms with E-state index in [0.717, 1.165) is 11.1 Å². The van der Waals surface area contributed by atoms with Crippen LogP contribution >= 0.6 is 0 Å². The van der Waals surface area contributed by atoms with Gasteiger partial charge in [-0.15, -0.1) is 0 Å². The van der Waals surface area contributed by atoms with Crippen LogP contribution in [0.15, 0.2) is 70.5 Å². The van der Waals surface area contributed by atoms with Gasteiger partial charge in [0.15, 0.2) is 0 Å². The van der Waals surface area contributed by atoms with E-state index in [-0.39, 0.29) is 35.7 Å². The molecule has 0 unspecified atom stereocenters. The summed E-state index contributed by atoms with van der Waals surface area (Å²) in [5.74, 6) is 0.919. The second-order valence-corrected chi connectivity index (χ2v) is 11.5. The maximum absolute atomic E-state index is 12.9. The summed E-state index contributed by atoms with van der Waals surface area (Å²) in [6.07, 6.45) is 0.379. The molecular formula is C26H26N4O6S2. The van der Waals surface area contributed by atoms with Gasteiger partial charge in [-0.3, -0.25) is 0 Å². The van der Waals surface area contributed by atoms with Crippen molar-refractivity contribution >= 4 is 20.0 Å². The largest absolute Gasteiger partial charge is 0.497 e. The van der Waals surface area contributed by atoms with E-state index in [9.17, 15) is 16.8 Å². The average molecular weight is 555 g/mol. The fourth-order valence-electron chi connectivity index (χ4n) is 3.89. The molecule has 0 heterocycles. The Labute approximate surface area is 222 Å². The Hall–Kier alpha value is -3.94. The summed E-state index contributed by atoms with van der Waals surface area (Å²) in [6, 6.07) is 19.9. The van der Waals surface area contributed by atoms with Crippen molar-refractivity contribution in [3.63, 3.8) is 0 Å². The third-order valence-electron chi connectivity index (χ3n) is 5.68. The van der Waals surface area contributed by atoms with Gasteiger partial charge >= 0.3 is 0 Å². The molecule has 0 aliphatic heterocycles. The molecule has 0 bridgehead atoms. The summed E-state index contributed by atoms with van der Waals surface area (Å²) >= 11 is 0. The summed E-state index contributed by atoms with van der Waals surface area (Å²) in [7, 11) is -5.00. The van der Waals surface area contributed by atoms with Crippen molar-refractivity contribution in [2.75, 3.05) is 27.3 Å². The van der Waals surface area contributed by atoms with E-state index in [2.05, 4.69) is 9.44 Å². The van der Waals surface area contributed by atoms with E-state index in [4.69, 9.17) is 20.0 Å². The number of nitriles is 2. The van der Waals surface area contributed by atoms with Crippen molar-refractivity contribution in [3.8, 4) is 23.6 Å². The van der Waals surface area contributed by atoms with E-state index < -0.39 is 20.0 Å². The molecule has 0 spiro atoms. The Morgan fingerprint density at radius 3 is 1.39 bits per heavy atom. The van der Waals surface area contributed by atoms with Gasteiger partial charge in [0.25, 0.3) is 0 Å². The highest BCUT2D eigenvalue weighted by Gasteiger charge is 2.22. The van der Waals surface area contributed by atoms with Crippen molar-refractivity contribution in [1.82, 2.24) is 9.44 Å². The van der Waals surface area contributed by atoms with Crippen LogP contribution in [0.3, 0.4) is 0 Å². The second-order valence-electron chi connectivity index (χ2n) is 8.03. The smallest absolute Gasteiger partial charge is 0.241 e. The maximum atomic E-state index is 12.9. The first kappa shape index (κ1) is 28.6. The predicted molar refractivity (Wildman–Crippen MR) is 140 cm³/mol. The van der Waals surface area contributed by atoms with Gasteiger partial charge in [0, 0.05) is 0 Å². The Bertz CT molecular complexity index is 1490. The standard InChI is InChI=1S/C26H26N4O6S2/c1-35-23-7-9-25(37(31,32)29-13-11-27)21(17-23)15-19-5-3-4-6-20(19)16-22-18-24(36-2)8-10-26(22)38(33,34)30-14-12-28/h3-10,17-18,29-30H,13-16H2,1-2H3. The molecule has 198 valence electrons. The fraction of sp³-hybridized carbons (Fsp3) is 0.231. The predicted octanol–water partition coefficient (Wildman–Crippen LogP) is 2.49. The zero-order chi connectivity index (χ0) is 27.8. The number of nitrogens with zero attached hydrogens (tertiary/aromatic N) is 2. The highest BCUT2D eigenvalue weighted by molar-refractivity contribution is 7.89. The molecule has 0 aliphatic carbocycles. The lowest BCUT2D eigenvalue weighted by Crippen LogP contribution is -2.25. The molecule has 0 saturated carbocycles. The summed E-state index contributed by atoms with van der Waals surface area (Å²) in [6.45, 7) is -0.755. The average Bonchev–Trinajstić information content (AvgIpc) is 2.91. The highest BCUT2D eigenvalue weighted by atomic mass is 32.2. The number of rotatable bonds is 12. The van der Waals surface area contributed by atoms with Crippen LogP contribution in [-0.4, -0.2) is 44.1 Å². The Kier molecular flexibility index (Phi) is 9.45. The van der Waals surface area contributed by atoms with Crippen LogP contribution in [0.5, 0.6) is 11.5 Å². The SMILES string of the molecule is COc1ccc(S(=O)(=O)NCC#N)c(Cc2ccccc2Cc2cc(OC)ccc2S(=O)(=O)NCC#N)c1. The molecule has 38 heavy (non-hydrogen) atoms. The number of nitrogens with one attached hydrogen (secondary N) is 2. The summed E-state index contributed by atoms with van der Waals surface area (Å²) < 4.78 is 66.6. The minimum absolute atomic E-state index is 0.00806. The van der Waals surface area contributed by atoms with E-state index in [0.29, 0.717) is 22.6 Å². The van der Waals surface area contributed by atoms with Crippen LogP contribution in [0.2, 0.25) is 0 Å². The number of hydrogen-bond acceptors (Lipinski definition) is 8. The van der Waals surface area contributed by atoms with Crippen molar-refractivity contribution in [2.24, 2.45) is 0 Å². The van der Waals surface area contributed by atoms with Crippen LogP contribution < -0.4 is 18.9 Å². The molecule has 0 fully saturated rings. The van der Waals surface area contributed by atoms with E-state index in [1.807, 2.05) is 12.1 Å². The molecule has 0 amide bonds. The van der Waals surface area contributed by atoms with Crippen LogP contribution in [0.1, 0.15) is 22.3 Å². The van der Waals surface area contributed by atoms with E-state index >= 15 is 0 Å². The van der Waals surface area contributed by atoms with Crippen molar-refractivity contribution < 1.29 is 26.3 Å². The summed E-state index contributed by atoms with van der Waals surface area (Å²) in [5, 5.41) is 17.7. The molecule has 0 aromatic heterocycles. The lowest BCUT2D eigenvalue weighted by molar-refractivity contribution is 0.413. The normalized spacial score (nSPS) is 11.4. The first-order chi connectivity index (χ1) is 18.1. The van der Waals surface area contributed by atoms with E-state index in [1.54, 1.807) is 36.4 Å². The van der Waals surface area contributed by atoms with Crippen molar-refractivity contribution in [1.29, 1.82) is 10.5 Å². The van der Waals surface area contributed by atoms with Gasteiger partial charge in [-0.05, 0) is 71.5 Å². The Balaban J connectivity index is 2.07. The zero-order valence-corrected chi connectivity index (χ0v) is 22.4. The molecule has 0 aliphatic rings.